The fourth-order valence-corrected chi connectivity index (χ4v) is 9.21. The highest BCUT2D eigenvalue weighted by Gasteiger charge is 2.63. The van der Waals surface area contributed by atoms with Gasteiger partial charge in [-0.15, -0.1) is 0 Å². The van der Waals surface area contributed by atoms with E-state index in [-0.39, 0.29) is 35.5 Å². The zero-order chi connectivity index (χ0) is 23.3. The molecule has 32 heavy (non-hydrogen) atoms. The molecule has 5 heteroatoms. The Hall–Kier alpha value is -1.10. The molecule has 4 rings (SSSR count). The highest BCUT2D eigenvalue weighted by Crippen LogP contribution is 2.68. The van der Waals surface area contributed by atoms with Gasteiger partial charge in [0.25, 0.3) is 0 Å². The molecule has 4 fully saturated rings. The minimum Gasteiger partial charge on any atom is -0.469 e. The predicted octanol–water partition coefficient (Wildman–Crippen LogP) is 5.14. The summed E-state index contributed by atoms with van der Waals surface area (Å²) in [6.45, 7) is 8.81. The molecule has 10 atom stereocenters. The van der Waals surface area contributed by atoms with Gasteiger partial charge in [-0.3, -0.25) is 9.59 Å². The van der Waals surface area contributed by atoms with Crippen LogP contribution in [0.25, 0.3) is 0 Å². The summed E-state index contributed by atoms with van der Waals surface area (Å²) in [6, 6.07) is 0. The van der Waals surface area contributed by atoms with Crippen molar-refractivity contribution in [3.8, 4) is 0 Å². The summed E-state index contributed by atoms with van der Waals surface area (Å²) >= 11 is 0. The standard InChI is InChI=1S/C27H44O5/c1-16(6-9-25(30)31-5)20-7-8-21-19-15-24(32-17(2)28)23-14-18(29)10-12-27(23,4)22(19)11-13-26(20,21)3/h16,18-24,29H,6-15H2,1-5H3/t16-,18-,19+,20?,21+,22+,23+,24+,26-,27-/m1/s1. The first-order valence-corrected chi connectivity index (χ1v) is 13.0. The molecule has 4 aliphatic rings. The number of fused-ring (bicyclic) bond motifs is 5. The van der Waals surface area contributed by atoms with Gasteiger partial charge in [0, 0.05) is 19.3 Å². The third-order valence-electron chi connectivity index (χ3n) is 10.7. The largest absolute Gasteiger partial charge is 0.469 e. The van der Waals surface area contributed by atoms with Crippen LogP contribution < -0.4 is 0 Å². The Morgan fingerprint density at radius 2 is 1.69 bits per heavy atom. The van der Waals surface area contributed by atoms with Crippen molar-refractivity contribution in [1.29, 1.82) is 0 Å². The monoisotopic (exact) mass is 448 g/mol. The molecule has 0 aromatic heterocycles. The maximum Gasteiger partial charge on any atom is 0.305 e. The fourth-order valence-electron chi connectivity index (χ4n) is 9.21. The number of ether oxygens (including phenoxy) is 2. The van der Waals surface area contributed by atoms with Crippen molar-refractivity contribution in [2.45, 2.75) is 104 Å². The lowest BCUT2D eigenvalue weighted by Crippen LogP contribution is -2.59. The molecule has 0 aliphatic heterocycles. The fraction of sp³-hybridized carbons (Fsp3) is 0.926. The summed E-state index contributed by atoms with van der Waals surface area (Å²) in [6.07, 6.45) is 9.73. The van der Waals surface area contributed by atoms with Crippen molar-refractivity contribution < 1.29 is 24.2 Å². The van der Waals surface area contributed by atoms with Gasteiger partial charge >= 0.3 is 11.9 Å². The lowest BCUT2D eigenvalue weighted by molar-refractivity contribution is -0.192. The highest BCUT2D eigenvalue weighted by molar-refractivity contribution is 5.69. The van der Waals surface area contributed by atoms with Crippen molar-refractivity contribution in [2.75, 3.05) is 7.11 Å². The highest BCUT2D eigenvalue weighted by atomic mass is 16.5. The van der Waals surface area contributed by atoms with Crippen LogP contribution in [0.15, 0.2) is 0 Å². The first-order chi connectivity index (χ1) is 15.1. The summed E-state index contributed by atoms with van der Waals surface area (Å²) in [5.74, 6) is 3.06. The van der Waals surface area contributed by atoms with Crippen LogP contribution in [0.2, 0.25) is 0 Å². The molecule has 0 spiro atoms. The molecule has 1 unspecified atom stereocenters. The zero-order valence-electron chi connectivity index (χ0n) is 20.8. The van der Waals surface area contributed by atoms with E-state index in [0.717, 1.165) is 32.1 Å². The van der Waals surface area contributed by atoms with E-state index in [9.17, 15) is 14.7 Å². The van der Waals surface area contributed by atoms with Crippen molar-refractivity contribution in [3.05, 3.63) is 0 Å². The summed E-state index contributed by atoms with van der Waals surface area (Å²) in [7, 11) is 1.47. The SMILES string of the molecule is COC(=O)CC[C@@H](C)C1CC[C@H]2[C@@H]3C[C@H](OC(C)=O)[C@@H]4C[C@H](O)CC[C@]4(C)[C@H]3CC[C@]12C. The topological polar surface area (TPSA) is 72.8 Å². The van der Waals surface area contributed by atoms with E-state index in [1.807, 2.05) is 0 Å². The second kappa shape index (κ2) is 8.92. The molecule has 0 bridgehead atoms. The van der Waals surface area contributed by atoms with E-state index < -0.39 is 0 Å². The predicted molar refractivity (Wildman–Crippen MR) is 123 cm³/mol. The van der Waals surface area contributed by atoms with Crippen molar-refractivity contribution in [3.63, 3.8) is 0 Å². The zero-order valence-corrected chi connectivity index (χ0v) is 20.8. The van der Waals surface area contributed by atoms with Crippen LogP contribution in [0.1, 0.15) is 91.9 Å². The van der Waals surface area contributed by atoms with Crippen LogP contribution in [-0.4, -0.2) is 36.4 Å². The third kappa shape index (κ3) is 4.01. The number of aliphatic hydroxyl groups is 1. The average molecular weight is 449 g/mol. The number of hydrogen-bond acceptors (Lipinski definition) is 5. The number of methoxy groups -OCH3 is 1. The maximum atomic E-state index is 12.0. The van der Waals surface area contributed by atoms with Crippen LogP contribution >= 0.6 is 0 Å². The van der Waals surface area contributed by atoms with Gasteiger partial charge in [-0.2, -0.15) is 0 Å². The molecule has 5 nitrogen and oxygen atoms in total. The molecule has 4 aliphatic carbocycles. The average Bonchev–Trinajstić information content (AvgIpc) is 3.10. The quantitative estimate of drug-likeness (QED) is 0.590. The second-order valence-electron chi connectivity index (χ2n) is 12.1. The van der Waals surface area contributed by atoms with Crippen LogP contribution in [0.5, 0.6) is 0 Å². The Bertz CT molecular complexity index is 721. The Labute approximate surface area is 194 Å². The molecule has 1 N–H and O–H groups in total. The van der Waals surface area contributed by atoms with E-state index in [1.54, 1.807) is 0 Å². The van der Waals surface area contributed by atoms with Crippen LogP contribution in [0.3, 0.4) is 0 Å². The molecule has 0 aromatic rings. The summed E-state index contributed by atoms with van der Waals surface area (Å²) < 4.78 is 10.8. The number of aliphatic hydroxyl groups excluding tert-OH is 1. The first kappa shape index (κ1) is 24.0. The number of carbonyl (C=O) groups is 2. The van der Waals surface area contributed by atoms with Gasteiger partial charge in [-0.05, 0) is 98.2 Å². The van der Waals surface area contributed by atoms with E-state index in [1.165, 1.54) is 39.7 Å². The summed E-state index contributed by atoms with van der Waals surface area (Å²) in [5.41, 5.74) is 0.451. The molecular weight excluding hydrogens is 404 g/mol. The number of rotatable bonds is 5. The minimum absolute atomic E-state index is 0.0631. The van der Waals surface area contributed by atoms with Gasteiger partial charge in [-0.25, -0.2) is 0 Å². The Kier molecular flexibility index (Phi) is 6.70. The van der Waals surface area contributed by atoms with E-state index >= 15 is 0 Å². The molecule has 0 amide bonds. The van der Waals surface area contributed by atoms with Crippen molar-refractivity contribution >= 4 is 11.9 Å². The third-order valence-corrected chi connectivity index (χ3v) is 10.7. The Balaban J connectivity index is 1.56. The van der Waals surface area contributed by atoms with Crippen molar-refractivity contribution in [2.24, 2.45) is 46.3 Å². The maximum absolute atomic E-state index is 12.0. The van der Waals surface area contributed by atoms with Gasteiger partial charge < -0.3 is 14.6 Å². The van der Waals surface area contributed by atoms with E-state index in [0.29, 0.717) is 41.4 Å². The summed E-state index contributed by atoms with van der Waals surface area (Å²) in [4.78, 5) is 23.7. The number of hydrogen-bond donors (Lipinski definition) is 1. The molecule has 0 heterocycles. The van der Waals surface area contributed by atoms with Gasteiger partial charge in [0.1, 0.15) is 6.10 Å². The molecule has 0 radical (unpaired) electrons. The van der Waals surface area contributed by atoms with Gasteiger partial charge in [0.15, 0.2) is 0 Å². The summed E-state index contributed by atoms with van der Waals surface area (Å²) in [5, 5.41) is 10.4. The van der Waals surface area contributed by atoms with Gasteiger partial charge in [-0.1, -0.05) is 20.8 Å². The molecule has 182 valence electrons. The molecule has 0 aromatic carbocycles. The van der Waals surface area contributed by atoms with Crippen LogP contribution in [0, 0.1) is 46.3 Å². The van der Waals surface area contributed by atoms with Crippen LogP contribution in [0.4, 0.5) is 0 Å². The smallest absolute Gasteiger partial charge is 0.305 e. The first-order valence-electron chi connectivity index (χ1n) is 13.0. The lowest BCUT2D eigenvalue weighted by atomic mass is 9.43. The number of carbonyl (C=O) groups excluding carboxylic acids is 2. The Morgan fingerprint density at radius 3 is 2.38 bits per heavy atom. The van der Waals surface area contributed by atoms with E-state index in [4.69, 9.17) is 9.47 Å². The normalized spacial score (nSPS) is 46.4. The van der Waals surface area contributed by atoms with Crippen LogP contribution in [-0.2, 0) is 19.1 Å². The lowest BCUT2D eigenvalue weighted by Gasteiger charge is -2.62. The minimum atomic E-state index is -0.261. The molecule has 0 saturated heterocycles. The second-order valence-corrected chi connectivity index (χ2v) is 12.1. The van der Waals surface area contributed by atoms with Gasteiger partial charge in [0.05, 0.1) is 13.2 Å². The molecule has 4 saturated carbocycles. The molecular formula is C27H44O5. The van der Waals surface area contributed by atoms with Gasteiger partial charge in [0.2, 0.25) is 0 Å². The number of esters is 2. The Morgan fingerprint density at radius 1 is 1.00 bits per heavy atom. The van der Waals surface area contributed by atoms with Crippen molar-refractivity contribution in [1.82, 2.24) is 0 Å². The van der Waals surface area contributed by atoms with E-state index in [2.05, 4.69) is 20.8 Å².